The van der Waals surface area contributed by atoms with Crippen molar-refractivity contribution < 1.29 is 13.2 Å². The Morgan fingerprint density at radius 2 is 1.71 bits per heavy atom. The molecule has 4 bridgehead atoms. The minimum atomic E-state index is -3.47. The van der Waals surface area contributed by atoms with E-state index in [0.29, 0.717) is 28.5 Å². The van der Waals surface area contributed by atoms with Gasteiger partial charge in [0, 0.05) is 11.6 Å². The number of nitrogens with zero attached hydrogens (tertiary/aromatic N) is 1. The van der Waals surface area contributed by atoms with Gasteiger partial charge in [0.15, 0.2) is 15.6 Å². The van der Waals surface area contributed by atoms with E-state index in [2.05, 4.69) is 4.98 Å². The number of carbonyl (C=O) groups excluding carboxylic acids is 1. The zero-order valence-electron chi connectivity index (χ0n) is 13.6. The molecule has 1 aromatic heterocycles. The highest BCUT2D eigenvalue weighted by molar-refractivity contribution is 7.91. The molecule has 24 heavy (non-hydrogen) atoms. The fourth-order valence-corrected chi connectivity index (χ4v) is 7.20. The predicted molar refractivity (Wildman–Crippen MR) is 92.3 cm³/mol. The van der Waals surface area contributed by atoms with Crippen LogP contribution in [0.3, 0.4) is 0 Å². The monoisotopic (exact) mass is 367 g/mol. The molecule has 4 saturated carbocycles. The number of sulfone groups is 1. The summed E-state index contributed by atoms with van der Waals surface area (Å²) in [5.74, 6) is 1.41. The number of Topliss-reactive ketones (excluding diaryl/α,β-unsaturated/α-hetero) is 1. The van der Waals surface area contributed by atoms with Gasteiger partial charge in [-0.25, -0.2) is 13.4 Å². The van der Waals surface area contributed by atoms with E-state index in [1.165, 1.54) is 25.5 Å². The summed E-state index contributed by atoms with van der Waals surface area (Å²) < 4.78 is 25.0. The minimum absolute atomic E-state index is 0.0384. The van der Waals surface area contributed by atoms with E-state index in [1.807, 2.05) is 0 Å². The van der Waals surface area contributed by atoms with Gasteiger partial charge in [0.25, 0.3) is 0 Å². The van der Waals surface area contributed by atoms with Crippen molar-refractivity contribution >= 4 is 27.2 Å². The average molecular weight is 368 g/mol. The lowest BCUT2D eigenvalue weighted by Gasteiger charge is -2.55. The molecule has 0 unspecified atom stereocenters. The number of carbonyl (C=O) groups is 1. The van der Waals surface area contributed by atoms with E-state index in [9.17, 15) is 13.2 Å². The third-order valence-electron chi connectivity index (χ3n) is 6.16. The van der Waals surface area contributed by atoms with Crippen LogP contribution in [-0.4, -0.2) is 24.9 Å². The molecular weight excluding hydrogens is 346 g/mol. The lowest BCUT2D eigenvalue weighted by atomic mass is 9.48. The molecule has 4 aliphatic carbocycles. The summed E-state index contributed by atoms with van der Waals surface area (Å²) >= 11 is 5.73. The van der Waals surface area contributed by atoms with Gasteiger partial charge in [-0.3, -0.25) is 4.79 Å². The first kappa shape index (κ1) is 16.5. The molecular formula is C18H22ClNO3S. The summed E-state index contributed by atoms with van der Waals surface area (Å²) in [6, 6.07) is 3.23. The number of hydrogen-bond donors (Lipinski definition) is 0. The van der Waals surface area contributed by atoms with Crippen LogP contribution in [0.4, 0.5) is 0 Å². The third kappa shape index (κ3) is 3.13. The van der Waals surface area contributed by atoms with Crippen LogP contribution >= 0.6 is 11.6 Å². The fraction of sp³-hybridized carbons (Fsp3) is 0.667. The van der Waals surface area contributed by atoms with E-state index < -0.39 is 9.84 Å². The van der Waals surface area contributed by atoms with Gasteiger partial charge in [-0.2, -0.15) is 0 Å². The van der Waals surface area contributed by atoms with Gasteiger partial charge in [0.1, 0.15) is 10.9 Å². The number of aromatic nitrogens is 1. The molecule has 0 atom stereocenters. The summed E-state index contributed by atoms with van der Waals surface area (Å²) in [6.45, 7) is 0. The van der Waals surface area contributed by atoms with Crippen molar-refractivity contribution in [3.05, 3.63) is 29.0 Å². The van der Waals surface area contributed by atoms with Crippen LogP contribution < -0.4 is 0 Å². The Labute approximate surface area is 147 Å². The molecule has 0 aromatic carbocycles. The first-order valence-corrected chi connectivity index (χ1v) is 10.9. The van der Waals surface area contributed by atoms with Crippen LogP contribution in [-0.2, 0) is 20.4 Å². The summed E-state index contributed by atoms with van der Waals surface area (Å²) in [5.41, 5.74) is 0.234. The van der Waals surface area contributed by atoms with Crippen molar-refractivity contribution in [2.75, 3.05) is 5.75 Å². The zero-order chi connectivity index (χ0) is 16.9. The van der Waals surface area contributed by atoms with E-state index >= 15 is 0 Å². The van der Waals surface area contributed by atoms with Crippen molar-refractivity contribution in [3.8, 4) is 0 Å². The molecule has 0 spiro atoms. The van der Waals surface area contributed by atoms with Gasteiger partial charge < -0.3 is 0 Å². The predicted octanol–water partition coefficient (Wildman–Crippen LogP) is 3.44. The highest BCUT2D eigenvalue weighted by Gasteiger charge is 2.54. The lowest BCUT2D eigenvalue weighted by Crippen LogP contribution is -2.51. The Morgan fingerprint density at radius 3 is 2.21 bits per heavy atom. The summed E-state index contributed by atoms with van der Waals surface area (Å²) in [6.07, 6.45) is 7.94. The standard InChI is InChI=1S/C18H22ClNO3S/c19-17-2-1-12(9-20-17)10-24(22,23)11-16(21)18-6-13-3-14(7-18)5-15(4-13)8-18/h1-2,9,13-15H,3-8,10-11H2. The van der Waals surface area contributed by atoms with Crippen LogP contribution in [0.25, 0.3) is 0 Å². The maximum atomic E-state index is 12.9. The number of rotatable bonds is 5. The van der Waals surface area contributed by atoms with Crippen molar-refractivity contribution in [1.82, 2.24) is 4.98 Å². The Balaban J connectivity index is 1.48. The molecule has 0 radical (unpaired) electrons. The molecule has 0 saturated heterocycles. The van der Waals surface area contributed by atoms with Crippen molar-refractivity contribution in [2.24, 2.45) is 23.2 Å². The molecule has 130 valence electrons. The molecule has 0 N–H and O–H groups in total. The molecule has 0 amide bonds. The Bertz CT molecular complexity index is 722. The normalized spacial score (nSPS) is 34.5. The largest absolute Gasteiger partial charge is 0.298 e. The van der Waals surface area contributed by atoms with Crippen molar-refractivity contribution in [1.29, 1.82) is 0 Å². The smallest absolute Gasteiger partial charge is 0.161 e. The first-order chi connectivity index (χ1) is 11.3. The molecule has 6 heteroatoms. The molecule has 1 aromatic rings. The van der Waals surface area contributed by atoms with Crippen LogP contribution in [0, 0.1) is 23.2 Å². The molecule has 1 heterocycles. The summed E-state index contributed by atoms with van der Waals surface area (Å²) in [5, 5.41) is 0.334. The van der Waals surface area contributed by atoms with Crippen LogP contribution in [0.2, 0.25) is 5.15 Å². The summed E-state index contributed by atoms with van der Waals surface area (Å²) in [4.78, 5) is 16.9. The molecule has 4 fully saturated rings. The highest BCUT2D eigenvalue weighted by Crippen LogP contribution is 2.60. The topological polar surface area (TPSA) is 64.1 Å². The van der Waals surface area contributed by atoms with Gasteiger partial charge in [-0.05, 0) is 67.9 Å². The van der Waals surface area contributed by atoms with Crippen molar-refractivity contribution in [2.45, 2.75) is 44.3 Å². The van der Waals surface area contributed by atoms with Crippen LogP contribution in [0.15, 0.2) is 18.3 Å². The summed E-state index contributed by atoms with van der Waals surface area (Å²) in [7, 11) is -3.47. The number of halogens is 1. The number of pyridine rings is 1. The second-order valence-corrected chi connectivity index (χ2v) is 10.6. The Morgan fingerprint density at radius 1 is 1.12 bits per heavy atom. The Kier molecular flexibility index (Phi) is 4.00. The van der Waals surface area contributed by atoms with Gasteiger partial charge in [0.2, 0.25) is 0 Å². The number of ketones is 1. The van der Waals surface area contributed by atoms with Gasteiger partial charge in [-0.15, -0.1) is 0 Å². The number of hydrogen-bond acceptors (Lipinski definition) is 4. The lowest BCUT2D eigenvalue weighted by molar-refractivity contribution is -0.141. The average Bonchev–Trinajstić information content (AvgIpc) is 2.47. The van der Waals surface area contributed by atoms with E-state index in [0.717, 1.165) is 19.3 Å². The van der Waals surface area contributed by atoms with Gasteiger partial charge in [-0.1, -0.05) is 17.7 Å². The second kappa shape index (κ2) is 5.80. The Hall–Kier alpha value is -0.940. The second-order valence-electron chi connectivity index (χ2n) is 8.14. The molecule has 5 rings (SSSR count). The van der Waals surface area contributed by atoms with E-state index in [4.69, 9.17) is 11.6 Å². The van der Waals surface area contributed by atoms with E-state index in [-0.39, 0.29) is 22.7 Å². The fourth-order valence-electron chi connectivity index (χ4n) is 5.60. The maximum Gasteiger partial charge on any atom is 0.161 e. The quantitative estimate of drug-likeness (QED) is 0.748. The first-order valence-electron chi connectivity index (χ1n) is 8.68. The minimum Gasteiger partial charge on any atom is -0.298 e. The van der Waals surface area contributed by atoms with Crippen molar-refractivity contribution in [3.63, 3.8) is 0 Å². The highest BCUT2D eigenvalue weighted by atomic mass is 35.5. The van der Waals surface area contributed by atoms with Gasteiger partial charge in [0.05, 0.1) is 5.75 Å². The zero-order valence-corrected chi connectivity index (χ0v) is 15.2. The SMILES string of the molecule is O=C(CS(=O)(=O)Cc1ccc(Cl)nc1)C12CC3CC(CC(C3)C1)C2. The van der Waals surface area contributed by atoms with Crippen LogP contribution in [0.5, 0.6) is 0 Å². The van der Waals surface area contributed by atoms with Gasteiger partial charge >= 0.3 is 0 Å². The molecule has 0 aliphatic heterocycles. The van der Waals surface area contributed by atoms with Crippen LogP contribution in [0.1, 0.15) is 44.1 Å². The molecule has 4 aliphatic rings. The molecule has 4 nitrogen and oxygen atoms in total. The maximum absolute atomic E-state index is 12.9. The van der Waals surface area contributed by atoms with E-state index in [1.54, 1.807) is 12.1 Å². The third-order valence-corrected chi connectivity index (χ3v) is 7.85.